The van der Waals surface area contributed by atoms with Crippen LogP contribution in [-0.4, -0.2) is 51.3 Å². The summed E-state index contributed by atoms with van der Waals surface area (Å²) >= 11 is 0. The van der Waals surface area contributed by atoms with Gasteiger partial charge in [0, 0.05) is 24.7 Å². The molecule has 8 nitrogen and oxygen atoms in total. The van der Waals surface area contributed by atoms with Crippen LogP contribution in [0.4, 0.5) is 4.39 Å². The maximum Gasteiger partial charge on any atom is 0.331 e. The van der Waals surface area contributed by atoms with Gasteiger partial charge in [0.15, 0.2) is 11.5 Å². The number of fused-ring (bicyclic) bond motifs is 1. The van der Waals surface area contributed by atoms with Crippen LogP contribution in [0.5, 0.6) is 11.5 Å². The third-order valence-corrected chi connectivity index (χ3v) is 8.47. The van der Waals surface area contributed by atoms with Crippen LogP contribution in [0.1, 0.15) is 67.2 Å². The van der Waals surface area contributed by atoms with E-state index in [4.69, 9.17) is 14.2 Å². The molecule has 2 saturated heterocycles. The van der Waals surface area contributed by atoms with Crippen molar-refractivity contribution in [2.45, 2.75) is 70.9 Å². The smallest absolute Gasteiger partial charge is 0.331 e. The molecular weight excluding hydrogens is 525 g/mol. The fourth-order valence-electron chi connectivity index (χ4n) is 5.97. The Bertz CT molecular complexity index is 1490. The summed E-state index contributed by atoms with van der Waals surface area (Å²) in [6, 6.07) is 11.1. The number of carboxylic acids is 1. The Balaban J connectivity index is 1.15. The molecule has 0 saturated carbocycles. The molecule has 0 amide bonds. The van der Waals surface area contributed by atoms with E-state index in [0.29, 0.717) is 30.2 Å². The fourth-order valence-corrected chi connectivity index (χ4v) is 5.97. The molecule has 216 valence electrons. The van der Waals surface area contributed by atoms with Gasteiger partial charge in [-0.15, -0.1) is 0 Å². The van der Waals surface area contributed by atoms with Crippen LogP contribution in [0, 0.1) is 12.7 Å². The number of likely N-dealkylation sites (tertiary alicyclic amines) is 1. The lowest BCUT2D eigenvalue weighted by molar-refractivity contribution is -0.132. The van der Waals surface area contributed by atoms with Crippen molar-refractivity contribution in [3.05, 3.63) is 82.2 Å². The summed E-state index contributed by atoms with van der Waals surface area (Å²) in [5.74, 6) is 0.0519. The molecule has 9 heteroatoms. The van der Waals surface area contributed by atoms with E-state index in [1.54, 1.807) is 32.2 Å². The number of benzene rings is 2. The number of aromatic nitrogens is 2. The van der Waals surface area contributed by atoms with Crippen molar-refractivity contribution in [1.29, 1.82) is 0 Å². The molecule has 3 aliphatic heterocycles. The second-order valence-corrected chi connectivity index (χ2v) is 11.5. The quantitative estimate of drug-likeness (QED) is 0.357. The summed E-state index contributed by atoms with van der Waals surface area (Å²) in [7, 11) is 0. The van der Waals surface area contributed by atoms with Gasteiger partial charge in [-0.1, -0.05) is 18.2 Å². The van der Waals surface area contributed by atoms with Crippen molar-refractivity contribution in [3.63, 3.8) is 0 Å². The summed E-state index contributed by atoms with van der Waals surface area (Å²) in [5.41, 5.74) is 3.39. The molecule has 4 heterocycles. The summed E-state index contributed by atoms with van der Waals surface area (Å²) in [6.07, 6.45) is 6.43. The lowest BCUT2D eigenvalue weighted by Gasteiger charge is -2.33. The number of hydrogen-bond donors (Lipinski definition) is 1. The second-order valence-electron chi connectivity index (χ2n) is 11.5. The molecule has 2 fully saturated rings. The van der Waals surface area contributed by atoms with E-state index in [1.165, 1.54) is 6.07 Å². The first kappa shape index (κ1) is 27.5. The minimum Gasteiger partial charge on any atom is -0.478 e. The molecule has 0 spiro atoms. The van der Waals surface area contributed by atoms with E-state index in [2.05, 4.69) is 20.5 Å². The van der Waals surface area contributed by atoms with Crippen LogP contribution in [0.3, 0.4) is 0 Å². The van der Waals surface area contributed by atoms with E-state index in [-0.39, 0.29) is 23.4 Å². The number of aryl methyl sites for hydroxylation is 1. The van der Waals surface area contributed by atoms with Crippen molar-refractivity contribution in [2.24, 2.45) is 0 Å². The molecule has 6 rings (SSSR count). The number of rotatable bonds is 8. The lowest BCUT2D eigenvalue weighted by Crippen LogP contribution is -2.35. The Kier molecular flexibility index (Phi) is 7.34. The van der Waals surface area contributed by atoms with Gasteiger partial charge in [-0.2, -0.15) is 0 Å². The number of ether oxygens (including phenoxy) is 3. The largest absolute Gasteiger partial charge is 0.478 e. The Morgan fingerprint density at radius 1 is 1.20 bits per heavy atom. The minimum atomic E-state index is -1.22. The van der Waals surface area contributed by atoms with Crippen LogP contribution in [0.25, 0.3) is 6.08 Å². The Morgan fingerprint density at radius 2 is 1.98 bits per heavy atom. The molecule has 2 unspecified atom stereocenters. The molecule has 2 aromatic carbocycles. The van der Waals surface area contributed by atoms with Gasteiger partial charge >= 0.3 is 5.97 Å². The molecule has 1 N–H and O–H groups in total. The van der Waals surface area contributed by atoms with E-state index < -0.39 is 11.8 Å². The monoisotopic (exact) mass is 561 g/mol. The van der Waals surface area contributed by atoms with Gasteiger partial charge in [-0.05, 0) is 82.0 Å². The fraction of sp³-hybridized carbons (Fsp3) is 0.438. The molecule has 0 aliphatic carbocycles. The van der Waals surface area contributed by atoms with Crippen molar-refractivity contribution >= 4 is 12.0 Å². The third kappa shape index (κ3) is 5.48. The first-order chi connectivity index (χ1) is 19.7. The summed E-state index contributed by atoms with van der Waals surface area (Å²) in [5, 5.41) is 9.36. The number of piperidine rings is 1. The van der Waals surface area contributed by atoms with Crippen molar-refractivity contribution in [1.82, 2.24) is 14.5 Å². The highest BCUT2D eigenvalue weighted by molar-refractivity contribution is 5.91. The average molecular weight is 562 g/mol. The molecule has 41 heavy (non-hydrogen) atoms. The molecule has 0 bridgehead atoms. The zero-order chi connectivity index (χ0) is 28.7. The molecule has 3 aromatic rings. The van der Waals surface area contributed by atoms with Crippen molar-refractivity contribution in [3.8, 4) is 11.5 Å². The summed E-state index contributed by atoms with van der Waals surface area (Å²) in [4.78, 5) is 18.5. The number of carbonyl (C=O) groups is 1. The van der Waals surface area contributed by atoms with Gasteiger partial charge in [0.25, 0.3) is 5.79 Å². The van der Waals surface area contributed by atoms with E-state index >= 15 is 0 Å². The zero-order valence-corrected chi connectivity index (χ0v) is 23.7. The van der Waals surface area contributed by atoms with Crippen molar-refractivity contribution < 1.29 is 28.5 Å². The van der Waals surface area contributed by atoms with Crippen LogP contribution in [-0.2, 0) is 28.4 Å². The number of nitrogens with zero attached hydrogens (tertiary/aromatic N) is 3. The number of para-hydroxylation sites is 1. The number of aliphatic carboxylic acids is 1. The SMILES string of the molecule is C/C(=C\c1cnc(CN2CCC(c3cccc4c3OC(C)(c3ccc(C)cc3F)O4)CC2)n1CC1CCO1)C(=O)O. The zero-order valence-electron chi connectivity index (χ0n) is 23.7. The molecule has 3 aliphatic rings. The van der Waals surface area contributed by atoms with Crippen LogP contribution in [0.2, 0.25) is 0 Å². The second kappa shape index (κ2) is 10.9. The number of hydrogen-bond acceptors (Lipinski definition) is 6. The van der Waals surface area contributed by atoms with Gasteiger partial charge in [0.05, 0.1) is 36.6 Å². The number of halogens is 1. The summed E-state index contributed by atoms with van der Waals surface area (Å²) < 4.78 is 35.2. The highest BCUT2D eigenvalue weighted by atomic mass is 19.1. The normalized spacial score (nSPS) is 23.0. The standard InChI is InChI=1S/C32H36FN3O5/c1-20-7-8-26(27(33)15-20)32(3)40-28-6-4-5-25(30(28)41-32)22-9-12-35(13-10-22)19-29-34-17-23(16-21(2)31(37)38)36(29)18-24-11-14-39-24/h4-8,15-17,22,24H,9-14,18-19H2,1-3H3,(H,37,38)/b21-16+. The van der Waals surface area contributed by atoms with Gasteiger partial charge in [-0.25, -0.2) is 14.2 Å². The molecule has 0 radical (unpaired) electrons. The predicted octanol–water partition coefficient (Wildman–Crippen LogP) is 5.63. The summed E-state index contributed by atoms with van der Waals surface area (Å²) in [6.45, 7) is 9.09. The maximum absolute atomic E-state index is 14.9. The van der Waals surface area contributed by atoms with Gasteiger partial charge < -0.3 is 23.9 Å². The van der Waals surface area contributed by atoms with E-state index in [9.17, 15) is 14.3 Å². The Hall–Kier alpha value is -3.69. The highest BCUT2D eigenvalue weighted by Crippen LogP contribution is 2.49. The van der Waals surface area contributed by atoms with Crippen LogP contribution in [0.15, 0.2) is 48.2 Å². The lowest BCUT2D eigenvalue weighted by atomic mass is 9.88. The van der Waals surface area contributed by atoms with Gasteiger partial charge in [0.2, 0.25) is 0 Å². The maximum atomic E-state index is 14.9. The third-order valence-electron chi connectivity index (χ3n) is 8.47. The Labute approximate surface area is 239 Å². The van der Waals surface area contributed by atoms with Crippen LogP contribution < -0.4 is 9.47 Å². The number of imidazole rings is 1. The first-order valence-electron chi connectivity index (χ1n) is 14.3. The van der Waals surface area contributed by atoms with E-state index in [0.717, 1.165) is 61.6 Å². The number of carboxylic acid groups (broad SMARTS) is 1. The van der Waals surface area contributed by atoms with Crippen molar-refractivity contribution in [2.75, 3.05) is 19.7 Å². The average Bonchev–Trinajstić information content (AvgIpc) is 3.46. The molecule has 2 atom stereocenters. The topological polar surface area (TPSA) is 86.0 Å². The van der Waals surface area contributed by atoms with Gasteiger partial charge in [0.1, 0.15) is 11.6 Å². The Morgan fingerprint density at radius 3 is 2.66 bits per heavy atom. The minimum absolute atomic E-state index is 0.132. The predicted molar refractivity (Wildman–Crippen MR) is 151 cm³/mol. The first-order valence-corrected chi connectivity index (χ1v) is 14.3. The molecular formula is C32H36FN3O5. The van der Waals surface area contributed by atoms with E-state index in [1.807, 2.05) is 25.1 Å². The van der Waals surface area contributed by atoms with Crippen LogP contribution >= 0.6 is 0 Å². The highest BCUT2D eigenvalue weighted by Gasteiger charge is 2.43. The molecule has 1 aromatic heterocycles. The van der Waals surface area contributed by atoms with Gasteiger partial charge in [-0.3, -0.25) is 4.90 Å².